The van der Waals surface area contributed by atoms with E-state index in [9.17, 15) is 4.79 Å². The number of nitrogens with zero attached hydrogens (tertiary/aromatic N) is 5. The van der Waals surface area contributed by atoms with E-state index in [0.717, 1.165) is 5.56 Å². The minimum Gasteiger partial charge on any atom is -0.310 e. The van der Waals surface area contributed by atoms with Crippen molar-refractivity contribution in [2.24, 2.45) is 11.0 Å². The Balaban J connectivity index is 2.24. The number of anilines is 1. The molecule has 0 spiro atoms. The van der Waals surface area contributed by atoms with Crippen molar-refractivity contribution in [1.82, 2.24) is 4.98 Å². The van der Waals surface area contributed by atoms with Gasteiger partial charge in [0.2, 0.25) is 5.91 Å². The van der Waals surface area contributed by atoms with Gasteiger partial charge in [-0.1, -0.05) is 16.7 Å². The van der Waals surface area contributed by atoms with Gasteiger partial charge in [0.15, 0.2) is 0 Å². The smallest absolute Gasteiger partial charge is 0.227 e. The lowest BCUT2D eigenvalue weighted by molar-refractivity contribution is -0.117. The van der Waals surface area contributed by atoms with Gasteiger partial charge in [0.05, 0.1) is 10.7 Å². The average molecular weight is 266 g/mol. The highest BCUT2D eigenvalue weighted by atomic mass is 35.5. The number of azide groups is 1. The normalized spacial score (nSPS) is 18.9. The van der Waals surface area contributed by atoms with Crippen LogP contribution in [0.2, 0.25) is 5.02 Å². The summed E-state index contributed by atoms with van der Waals surface area (Å²) in [7, 11) is 0. The third-order valence-electron chi connectivity index (χ3n) is 2.93. The van der Waals surface area contributed by atoms with Crippen LogP contribution in [0, 0.1) is 12.8 Å². The molecule has 1 fully saturated rings. The molecule has 1 saturated heterocycles. The molecule has 0 aliphatic carbocycles. The van der Waals surface area contributed by atoms with E-state index in [1.54, 1.807) is 11.1 Å². The summed E-state index contributed by atoms with van der Waals surface area (Å²) in [6, 6.07) is 0. The Labute approximate surface area is 109 Å². The Kier molecular flexibility index (Phi) is 3.69. The SMILES string of the molecule is Cc1cncc(Cl)c1N1CC(CN=[N+]=[N-])CC1=O. The Bertz CT molecular complexity index is 506. The number of amides is 1. The molecule has 1 atom stereocenters. The Morgan fingerprint density at radius 3 is 3.11 bits per heavy atom. The molecule has 0 radical (unpaired) electrons. The van der Waals surface area contributed by atoms with Crippen LogP contribution in [0.25, 0.3) is 10.4 Å². The van der Waals surface area contributed by atoms with Crippen molar-refractivity contribution in [2.75, 3.05) is 18.0 Å². The topological polar surface area (TPSA) is 82.0 Å². The van der Waals surface area contributed by atoms with Gasteiger partial charge in [0, 0.05) is 36.8 Å². The zero-order chi connectivity index (χ0) is 13.1. The predicted molar refractivity (Wildman–Crippen MR) is 68.5 cm³/mol. The van der Waals surface area contributed by atoms with Crippen molar-refractivity contribution in [3.05, 3.63) is 33.4 Å². The van der Waals surface area contributed by atoms with Crippen LogP contribution in [0.15, 0.2) is 17.5 Å². The second kappa shape index (κ2) is 5.25. The second-order valence-electron chi connectivity index (χ2n) is 4.27. The number of carbonyl (C=O) groups is 1. The van der Waals surface area contributed by atoms with Crippen LogP contribution in [-0.2, 0) is 4.79 Å². The Morgan fingerprint density at radius 2 is 2.44 bits per heavy atom. The molecule has 1 aliphatic heterocycles. The minimum absolute atomic E-state index is 0.00402. The summed E-state index contributed by atoms with van der Waals surface area (Å²) in [6.45, 7) is 2.73. The van der Waals surface area contributed by atoms with Gasteiger partial charge >= 0.3 is 0 Å². The van der Waals surface area contributed by atoms with Crippen LogP contribution in [0.3, 0.4) is 0 Å². The molecule has 18 heavy (non-hydrogen) atoms. The number of aromatic nitrogens is 1. The lowest BCUT2D eigenvalue weighted by atomic mass is 10.1. The van der Waals surface area contributed by atoms with E-state index in [4.69, 9.17) is 17.1 Å². The number of halogens is 1. The summed E-state index contributed by atoms with van der Waals surface area (Å²) in [4.78, 5) is 20.3. The first kappa shape index (κ1) is 12.7. The molecule has 0 aromatic carbocycles. The van der Waals surface area contributed by atoms with Gasteiger partial charge in [-0.25, -0.2) is 0 Å². The van der Waals surface area contributed by atoms with Gasteiger partial charge in [-0.05, 0) is 23.9 Å². The molecule has 0 saturated carbocycles. The first-order valence-corrected chi connectivity index (χ1v) is 5.92. The monoisotopic (exact) mass is 265 g/mol. The van der Waals surface area contributed by atoms with Crippen molar-refractivity contribution >= 4 is 23.2 Å². The maximum atomic E-state index is 12.0. The highest BCUT2D eigenvalue weighted by Crippen LogP contribution is 2.33. The van der Waals surface area contributed by atoms with Crippen molar-refractivity contribution in [3.8, 4) is 0 Å². The number of hydrogen-bond acceptors (Lipinski definition) is 3. The summed E-state index contributed by atoms with van der Waals surface area (Å²) in [6.07, 6.45) is 3.59. The first-order chi connectivity index (χ1) is 8.63. The molecular weight excluding hydrogens is 254 g/mol. The second-order valence-corrected chi connectivity index (χ2v) is 4.68. The summed E-state index contributed by atoms with van der Waals surface area (Å²) >= 11 is 6.09. The molecule has 1 aromatic rings. The standard InChI is InChI=1S/C11H12ClN5O/c1-7-3-14-5-9(12)11(7)17-6-8(2-10(17)18)4-15-16-13/h3,5,8H,2,4,6H2,1H3. The summed E-state index contributed by atoms with van der Waals surface area (Å²) < 4.78 is 0. The number of hydrogen-bond donors (Lipinski definition) is 0. The van der Waals surface area contributed by atoms with Crippen molar-refractivity contribution in [2.45, 2.75) is 13.3 Å². The molecule has 94 valence electrons. The van der Waals surface area contributed by atoms with Crippen LogP contribution in [-0.4, -0.2) is 24.0 Å². The third kappa shape index (κ3) is 2.39. The lowest BCUT2D eigenvalue weighted by Gasteiger charge is -2.19. The van der Waals surface area contributed by atoms with Crippen LogP contribution >= 0.6 is 11.6 Å². The minimum atomic E-state index is 0.00402. The zero-order valence-electron chi connectivity index (χ0n) is 9.88. The third-order valence-corrected chi connectivity index (χ3v) is 3.21. The van der Waals surface area contributed by atoms with Crippen LogP contribution in [0.5, 0.6) is 0 Å². The number of pyridine rings is 1. The Hall–Kier alpha value is -1.78. The van der Waals surface area contributed by atoms with E-state index in [-0.39, 0.29) is 11.8 Å². The lowest BCUT2D eigenvalue weighted by Crippen LogP contribution is -2.26. The molecule has 1 amide bonds. The largest absolute Gasteiger partial charge is 0.310 e. The molecule has 1 unspecified atom stereocenters. The van der Waals surface area contributed by atoms with Crippen LogP contribution in [0.4, 0.5) is 5.69 Å². The van der Waals surface area contributed by atoms with E-state index in [2.05, 4.69) is 15.0 Å². The maximum absolute atomic E-state index is 12.0. The van der Waals surface area contributed by atoms with E-state index in [1.165, 1.54) is 6.20 Å². The van der Waals surface area contributed by atoms with E-state index < -0.39 is 0 Å². The van der Waals surface area contributed by atoms with Gasteiger partial charge < -0.3 is 4.90 Å². The highest BCUT2D eigenvalue weighted by Gasteiger charge is 2.32. The fourth-order valence-corrected chi connectivity index (χ4v) is 2.45. The molecular formula is C11H12ClN5O. The maximum Gasteiger partial charge on any atom is 0.227 e. The van der Waals surface area contributed by atoms with Gasteiger partial charge in [-0.15, -0.1) is 0 Å². The summed E-state index contributed by atoms with van der Waals surface area (Å²) in [5.41, 5.74) is 9.86. The average Bonchev–Trinajstić information content (AvgIpc) is 2.68. The van der Waals surface area contributed by atoms with E-state index in [1.807, 2.05) is 6.92 Å². The molecule has 1 aliphatic rings. The van der Waals surface area contributed by atoms with E-state index >= 15 is 0 Å². The molecule has 0 N–H and O–H groups in total. The van der Waals surface area contributed by atoms with Crippen LogP contribution in [0.1, 0.15) is 12.0 Å². The molecule has 7 heteroatoms. The van der Waals surface area contributed by atoms with Gasteiger partial charge in [0.1, 0.15) is 0 Å². The summed E-state index contributed by atoms with van der Waals surface area (Å²) in [5, 5.41) is 3.98. The number of rotatable bonds is 3. The van der Waals surface area contributed by atoms with Gasteiger partial charge in [-0.3, -0.25) is 9.78 Å². The van der Waals surface area contributed by atoms with E-state index in [0.29, 0.717) is 30.2 Å². The molecule has 1 aromatic heterocycles. The number of aryl methyl sites for hydroxylation is 1. The predicted octanol–water partition coefficient (Wildman–Crippen LogP) is 2.71. The highest BCUT2D eigenvalue weighted by molar-refractivity contribution is 6.34. The number of carbonyl (C=O) groups excluding carboxylic acids is 1. The van der Waals surface area contributed by atoms with Gasteiger partial charge in [0.25, 0.3) is 0 Å². The zero-order valence-corrected chi connectivity index (χ0v) is 10.6. The van der Waals surface area contributed by atoms with Crippen molar-refractivity contribution < 1.29 is 4.79 Å². The van der Waals surface area contributed by atoms with Crippen molar-refractivity contribution in [3.63, 3.8) is 0 Å². The van der Waals surface area contributed by atoms with Crippen molar-refractivity contribution in [1.29, 1.82) is 0 Å². The van der Waals surface area contributed by atoms with Gasteiger partial charge in [-0.2, -0.15) is 0 Å². The Morgan fingerprint density at radius 1 is 1.67 bits per heavy atom. The first-order valence-electron chi connectivity index (χ1n) is 5.54. The quantitative estimate of drug-likeness (QED) is 0.478. The fraction of sp³-hybridized carbons (Fsp3) is 0.455. The molecule has 0 bridgehead atoms. The van der Waals surface area contributed by atoms with Crippen LogP contribution < -0.4 is 4.90 Å². The summed E-state index contributed by atoms with van der Waals surface area (Å²) in [5.74, 6) is 0.0568. The molecule has 2 rings (SSSR count). The molecule has 2 heterocycles. The fourth-order valence-electron chi connectivity index (χ4n) is 2.14. The molecule has 6 nitrogen and oxygen atoms in total.